The van der Waals surface area contributed by atoms with Gasteiger partial charge in [-0.25, -0.2) is 4.98 Å². The number of carbonyl (C=O) groups excluding carboxylic acids is 1. The van der Waals surface area contributed by atoms with Crippen LogP contribution in [0.1, 0.15) is 34.5 Å². The highest BCUT2D eigenvalue weighted by Crippen LogP contribution is 2.34. The summed E-state index contributed by atoms with van der Waals surface area (Å²) in [4.78, 5) is 21.4. The lowest BCUT2D eigenvalue weighted by Crippen LogP contribution is -2.18. The van der Waals surface area contributed by atoms with Crippen molar-refractivity contribution >= 4 is 28.9 Å². The number of Topliss-reactive ketones (excluding diaryl/α,β-unsaturated/α-hetero) is 1. The summed E-state index contributed by atoms with van der Waals surface area (Å²) in [5, 5.41) is 5.96. The maximum Gasteiger partial charge on any atom is 0.416 e. The molecule has 0 fully saturated rings. The molecule has 0 atom stereocenters. The first-order valence-corrected chi connectivity index (χ1v) is 9.63. The van der Waals surface area contributed by atoms with E-state index in [-0.39, 0.29) is 23.2 Å². The normalized spacial score (nSPS) is 13.5. The minimum Gasteiger partial charge on any atom is -0.495 e. The van der Waals surface area contributed by atoms with Crippen molar-refractivity contribution in [1.29, 1.82) is 0 Å². The van der Waals surface area contributed by atoms with Crippen molar-refractivity contribution < 1.29 is 22.7 Å². The molecule has 31 heavy (non-hydrogen) atoms. The second-order valence-electron chi connectivity index (χ2n) is 7.02. The smallest absolute Gasteiger partial charge is 0.416 e. The summed E-state index contributed by atoms with van der Waals surface area (Å²) >= 11 is 0. The van der Waals surface area contributed by atoms with E-state index in [4.69, 9.17) is 4.74 Å². The fourth-order valence-corrected chi connectivity index (χ4v) is 3.45. The van der Waals surface area contributed by atoms with Crippen LogP contribution in [0.4, 0.5) is 36.3 Å². The molecule has 0 amide bonds. The van der Waals surface area contributed by atoms with E-state index >= 15 is 0 Å². The standard InChI is InChI=1S/C22H19F3N4O2/c1-31-18-11-3-2-8-15(18)27-21-28-16-9-5-10-17(30)19(16)20(29-21)26-14-7-4-6-13(12-14)22(23,24)25/h2-4,6-8,11-12H,5,9-10H2,1H3,(H2,26,27,28,29). The van der Waals surface area contributed by atoms with E-state index in [1.165, 1.54) is 19.2 Å². The lowest BCUT2D eigenvalue weighted by Gasteiger charge is -2.20. The molecular formula is C22H19F3N4O2. The number of anilines is 4. The van der Waals surface area contributed by atoms with E-state index in [0.29, 0.717) is 42.0 Å². The second-order valence-corrected chi connectivity index (χ2v) is 7.02. The van der Waals surface area contributed by atoms with E-state index in [0.717, 1.165) is 12.1 Å². The molecule has 2 aromatic carbocycles. The highest BCUT2D eigenvalue weighted by molar-refractivity contribution is 6.03. The molecule has 4 rings (SSSR count). The zero-order chi connectivity index (χ0) is 22.0. The molecule has 1 aliphatic rings. The average Bonchev–Trinajstić information content (AvgIpc) is 2.74. The molecule has 0 radical (unpaired) electrons. The van der Waals surface area contributed by atoms with Gasteiger partial charge in [0.15, 0.2) is 5.78 Å². The van der Waals surface area contributed by atoms with Gasteiger partial charge in [-0.2, -0.15) is 18.2 Å². The van der Waals surface area contributed by atoms with E-state index in [1.54, 1.807) is 12.1 Å². The predicted octanol–water partition coefficient (Wildman–Crippen LogP) is 5.51. The Kier molecular flexibility index (Phi) is 5.50. The number of carbonyl (C=O) groups is 1. The number of para-hydroxylation sites is 2. The van der Waals surface area contributed by atoms with Crippen molar-refractivity contribution in [2.24, 2.45) is 0 Å². The average molecular weight is 428 g/mol. The van der Waals surface area contributed by atoms with Crippen LogP contribution in [0.5, 0.6) is 5.75 Å². The molecule has 0 bridgehead atoms. The third-order valence-corrected chi connectivity index (χ3v) is 4.89. The molecule has 3 aromatic rings. The van der Waals surface area contributed by atoms with Crippen LogP contribution in [-0.4, -0.2) is 22.9 Å². The number of aromatic nitrogens is 2. The number of nitrogens with zero attached hydrogens (tertiary/aromatic N) is 2. The highest BCUT2D eigenvalue weighted by atomic mass is 19.4. The number of nitrogens with one attached hydrogen (secondary N) is 2. The van der Waals surface area contributed by atoms with Crippen LogP contribution in [0.3, 0.4) is 0 Å². The number of methoxy groups -OCH3 is 1. The molecule has 0 saturated heterocycles. The number of ketones is 1. The van der Waals surface area contributed by atoms with Crippen LogP contribution >= 0.6 is 0 Å². The molecule has 0 spiro atoms. The Morgan fingerprint density at radius 3 is 2.58 bits per heavy atom. The Morgan fingerprint density at radius 2 is 1.81 bits per heavy atom. The Balaban J connectivity index is 1.74. The van der Waals surface area contributed by atoms with Crippen molar-refractivity contribution in [3.63, 3.8) is 0 Å². The number of alkyl halides is 3. The van der Waals surface area contributed by atoms with Gasteiger partial charge in [-0.15, -0.1) is 0 Å². The maximum atomic E-state index is 13.1. The Bertz CT molecular complexity index is 1130. The van der Waals surface area contributed by atoms with Crippen LogP contribution in [-0.2, 0) is 12.6 Å². The van der Waals surface area contributed by atoms with Gasteiger partial charge in [0, 0.05) is 12.1 Å². The fourth-order valence-electron chi connectivity index (χ4n) is 3.45. The second kappa shape index (κ2) is 8.25. The molecule has 0 unspecified atom stereocenters. The van der Waals surface area contributed by atoms with Crippen LogP contribution in [0.25, 0.3) is 0 Å². The van der Waals surface area contributed by atoms with Crippen molar-refractivity contribution in [2.45, 2.75) is 25.4 Å². The number of rotatable bonds is 5. The van der Waals surface area contributed by atoms with E-state index in [2.05, 4.69) is 20.6 Å². The Labute approximate surface area is 176 Å². The molecule has 1 aliphatic carbocycles. The fraction of sp³-hybridized carbons (Fsp3) is 0.227. The van der Waals surface area contributed by atoms with E-state index in [9.17, 15) is 18.0 Å². The van der Waals surface area contributed by atoms with E-state index < -0.39 is 11.7 Å². The van der Waals surface area contributed by atoms with Gasteiger partial charge in [0.25, 0.3) is 0 Å². The van der Waals surface area contributed by atoms with Gasteiger partial charge < -0.3 is 15.4 Å². The van der Waals surface area contributed by atoms with Crippen molar-refractivity contribution in [2.75, 3.05) is 17.7 Å². The molecular weight excluding hydrogens is 409 g/mol. The van der Waals surface area contributed by atoms with Crippen LogP contribution in [0.2, 0.25) is 0 Å². The summed E-state index contributed by atoms with van der Waals surface area (Å²) in [6.07, 6.45) is -2.91. The number of benzene rings is 2. The summed E-state index contributed by atoms with van der Waals surface area (Å²) in [5.74, 6) is 0.825. The number of ether oxygens (including phenoxy) is 1. The van der Waals surface area contributed by atoms with Gasteiger partial charge in [0.1, 0.15) is 11.6 Å². The monoisotopic (exact) mass is 428 g/mol. The predicted molar refractivity (Wildman–Crippen MR) is 110 cm³/mol. The van der Waals surface area contributed by atoms with Gasteiger partial charge in [0.2, 0.25) is 5.95 Å². The van der Waals surface area contributed by atoms with Crippen LogP contribution in [0.15, 0.2) is 48.5 Å². The van der Waals surface area contributed by atoms with Crippen LogP contribution < -0.4 is 15.4 Å². The quantitative estimate of drug-likeness (QED) is 0.558. The minimum atomic E-state index is -4.48. The topological polar surface area (TPSA) is 76.1 Å². The van der Waals surface area contributed by atoms with Gasteiger partial charge >= 0.3 is 6.18 Å². The third kappa shape index (κ3) is 4.45. The maximum absolute atomic E-state index is 13.1. The summed E-state index contributed by atoms with van der Waals surface area (Å²) in [6.45, 7) is 0. The molecule has 0 aliphatic heterocycles. The minimum absolute atomic E-state index is 0.139. The highest BCUT2D eigenvalue weighted by Gasteiger charge is 2.31. The first-order valence-electron chi connectivity index (χ1n) is 9.63. The number of fused-ring (bicyclic) bond motifs is 1. The van der Waals surface area contributed by atoms with Crippen LogP contribution in [0, 0.1) is 0 Å². The zero-order valence-corrected chi connectivity index (χ0v) is 16.6. The van der Waals surface area contributed by atoms with E-state index in [1.807, 2.05) is 12.1 Å². The van der Waals surface area contributed by atoms with Gasteiger partial charge in [-0.3, -0.25) is 4.79 Å². The summed E-state index contributed by atoms with van der Waals surface area (Å²) in [6, 6.07) is 11.9. The Morgan fingerprint density at radius 1 is 1.00 bits per heavy atom. The first kappa shape index (κ1) is 20.6. The van der Waals surface area contributed by atoms with Gasteiger partial charge in [-0.05, 0) is 43.2 Å². The SMILES string of the molecule is COc1ccccc1Nc1nc2c(c(Nc3cccc(C(F)(F)F)c3)n1)C(=O)CCC2. The summed E-state index contributed by atoms with van der Waals surface area (Å²) in [7, 11) is 1.54. The molecule has 1 aromatic heterocycles. The lowest BCUT2D eigenvalue weighted by atomic mass is 9.95. The van der Waals surface area contributed by atoms with Gasteiger partial charge in [-0.1, -0.05) is 18.2 Å². The zero-order valence-electron chi connectivity index (χ0n) is 16.6. The number of hydrogen-bond acceptors (Lipinski definition) is 6. The third-order valence-electron chi connectivity index (χ3n) is 4.89. The molecule has 160 valence electrons. The van der Waals surface area contributed by atoms with Gasteiger partial charge in [0.05, 0.1) is 29.6 Å². The molecule has 9 heteroatoms. The Hall–Kier alpha value is -3.62. The lowest BCUT2D eigenvalue weighted by molar-refractivity contribution is -0.137. The van der Waals surface area contributed by atoms with Crippen molar-refractivity contribution in [3.8, 4) is 5.75 Å². The largest absolute Gasteiger partial charge is 0.495 e. The van der Waals surface area contributed by atoms with Crippen molar-refractivity contribution in [1.82, 2.24) is 9.97 Å². The molecule has 2 N–H and O–H groups in total. The van der Waals surface area contributed by atoms with Crippen molar-refractivity contribution in [3.05, 3.63) is 65.4 Å². The molecule has 0 saturated carbocycles. The molecule has 1 heterocycles. The summed E-state index contributed by atoms with van der Waals surface area (Å²) in [5.41, 5.74) is 0.876. The number of halogens is 3. The molecule has 6 nitrogen and oxygen atoms in total. The number of hydrogen-bond donors (Lipinski definition) is 2. The first-order chi connectivity index (χ1) is 14.8. The summed E-state index contributed by atoms with van der Waals surface area (Å²) < 4.78 is 44.6. The number of aryl methyl sites for hydroxylation is 1.